The van der Waals surface area contributed by atoms with E-state index in [1.165, 1.54) is 13.0 Å². The van der Waals surface area contributed by atoms with Crippen molar-refractivity contribution in [1.29, 1.82) is 0 Å². The van der Waals surface area contributed by atoms with Gasteiger partial charge in [-0.2, -0.15) is 0 Å². The van der Waals surface area contributed by atoms with Gasteiger partial charge in [0.2, 0.25) is 0 Å². The third-order valence-electron chi connectivity index (χ3n) is 6.66. The minimum atomic E-state index is -2.27. The van der Waals surface area contributed by atoms with Gasteiger partial charge >= 0.3 is 5.97 Å². The summed E-state index contributed by atoms with van der Waals surface area (Å²) in [6.07, 6.45) is 0.731. The molecular weight excluding hydrogens is 436 g/mol. The molecule has 0 saturated heterocycles. The number of nitrogens with zero attached hydrogens (tertiary/aromatic N) is 2. The van der Waals surface area contributed by atoms with Crippen molar-refractivity contribution in [1.82, 2.24) is 9.55 Å². The number of carboxylic acids is 1. The van der Waals surface area contributed by atoms with Crippen LogP contribution >= 0.6 is 0 Å². The van der Waals surface area contributed by atoms with Crippen LogP contribution in [-0.2, 0) is 30.0 Å². The first-order chi connectivity index (χ1) is 15.5. The number of rotatable bonds is 7. The van der Waals surface area contributed by atoms with Crippen molar-refractivity contribution in [2.45, 2.75) is 64.2 Å². The lowest BCUT2D eigenvalue weighted by Crippen LogP contribution is -2.39. The van der Waals surface area contributed by atoms with Crippen molar-refractivity contribution in [3.05, 3.63) is 62.9 Å². The van der Waals surface area contributed by atoms with Crippen LogP contribution in [0.2, 0.25) is 25.7 Å². The summed E-state index contributed by atoms with van der Waals surface area (Å²) in [7, 11) is -1.34. The van der Waals surface area contributed by atoms with Gasteiger partial charge in [-0.25, -0.2) is 9.78 Å². The molecule has 0 spiro atoms. The van der Waals surface area contributed by atoms with E-state index in [1.54, 1.807) is 4.57 Å². The minimum Gasteiger partial charge on any atom is -0.479 e. The number of pyridine rings is 2. The van der Waals surface area contributed by atoms with E-state index in [-0.39, 0.29) is 17.5 Å². The van der Waals surface area contributed by atoms with Crippen molar-refractivity contribution in [2.24, 2.45) is 0 Å². The highest BCUT2D eigenvalue weighted by Gasteiger charge is 2.41. The van der Waals surface area contributed by atoms with Gasteiger partial charge in [0, 0.05) is 30.2 Å². The maximum atomic E-state index is 13.4. The molecule has 174 valence electrons. The van der Waals surface area contributed by atoms with Gasteiger partial charge in [0.25, 0.3) is 5.56 Å². The van der Waals surface area contributed by atoms with Gasteiger partial charge in [0.15, 0.2) is 5.60 Å². The second-order valence-corrected chi connectivity index (χ2v) is 15.6. The first-order valence-electron chi connectivity index (χ1n) is 11.3. The summed E-state index contributed by atoms with van der Waals surface area (Å²) in [5.41, 5.74) is 1.15. The van der Waals surface area contributed by atoms with Crippen LogP contribution < -0.4 is 5.56 Å². The fourth-order valence-corrected chi connectivity index (χ4v) is 5.67. The second-order valence-electron chi connectivity index (χ2n) is 9.99. The molecule has 3 N–H and O–H groups in total. The number of hydrogen-bond donors (Lipinski definition) is 3. The Morgan fingerprint density at radius 3 is 2.52 bits per heavy atom. The van der Waals surface area contributed by atoms with Gasteiger partial charge in [-0.1, -0.05) is 50.8 Å². The van der Waals surface area contributed by atoms with Crippen molar-refractivity contribution < 1.29 is 20.1 Å². The van der Waals surface area contributed by atoms with Crippen LogP contribution in [0.25, 0.3) is 22.3 Å². The van der Waals surface area contributed by atoms with Crippen molar-refractivity contribution in [3.63, 3.8) is 0 Å². The zero-order valence-corrected chi connectivity index (χ0v) is 20.5. The lowest BCUT2D eigenvalue weighted by atomic mass is 9.87. The molecule has 1 aliphatic heterocycles. The van der Waals surface area contributed by atoms with Crippen LogP contribution in [0.3, 0.4) is 0 Å². The lowest BCUT2D eigenvalue weighted by Gasteiger charge is -2.25. The largest absolute Gasteiger partial charge is 0.479 e. The van der Waals surface area contributed by atoms with Gasteiger partial charge in [-0.05, 0) is 30.5 Å². The first-order valence-corrected chi connectivity index (χ1v) is 15.0. The van der Waals surface area contributed by atoms with Crippen LogP contribution in [0.15, 0.2) is 35.1 Å². The third kappa shape index (κ3) is 3.82. The molecule has 3 heterocycles. The Kier molecular flexibility index (Phi) is 5.80. The van der Waals surface area contributed by atoms with Gasteiger partial charge in [-0.3, -0.25) is 4.79 Å². The monoisotopic (exact) mass is 466 g/mol. The smallest absolute Gasteiger partial charge is 0.340 e. The Hall–Kier alpha value is -2.81. The zero-order valence-electron chi connectivity index (χ0n) is 19.5. The molecule has 0 radical (unpaired) electrons. The Morgan fingerprint density at radius 2 is 1.91 bits per heavy atom. The topological polar surface area (TPSA) is 113 Å². The van der Waals surface area contributed by atoms with Gasteiger partial charge in [-0.15, -0.1) is 0 Å². The molecule has 0 unspecified atom stereocenters. The Morgan fingerprint density at radius 1 is 1.21 bits per heavy atom. The Balaban J connectivity index is 2.01. The lowest BCUT2D eigenvalue weighted by molar-refractivity contribution is -0.160. The number of para-hydroxylation sites is 1. The van der Waals surface area contributed by atoms with E-state index in [9.17, 15) is 24.9 Å². The highest BCUT2D eigenvalue weighted by Crippen LogP contribution is 2.39. The molecule has 3 aromatic rings. The van der Waals surface area contributed by atoms with E-state index in [1.807, 2.05) is 18.2 Å². The van der Waals surface area contributed by atoms with Crippen LogP contribution in [0, 0.1) is 0 Å². The molecule has 1 aromatic carbocycles. The molecule has 0 amide bonds. The maximum Gasteiger partial charge on any atom is 0.340 e. The van der Waals surface area contributed by atoms with Crippen molar-refractivity contribution >= 4 is 24.9 Å². The molecule has 1 atom stereocenters. The molecule has 1 aliphatic rings. The zero-order chi connectivity index (χ0) is 24.1. The summed E-state index contributed by atoms with van der Waals surface area (Å²) in [5.74, 6) is -1.45. The first kappa shape index (κ1) is 23.3. The van der Waals surface area contributed by atoms with Gasteiger partial charge in [0.1, 0.15) is 0 Å². The highest BCUT2D eigenvalue weighted by atomic mass is 28.3. The number of aliphatic hydroxyl groups is 2. The third-order valence-corrected chi connectivity index (χ3v) is 8.41. The number of aliphatic carboxylic acids is 1. The van der Waals surface area contributed by atoms with Crippen LogP contribution in [0.5, 0.6) is 0 Å². The maximum absolute atomic E-state index is 13.4. The summed E-state index contributed by atoms with van der Waals surface area (Å²) in [6.45, 7) is 8.17. The van der Waals surface area contributed by atoms with E-state index >= 15 is 0 Å². The summed E-state index contributed by atoms with van der Waals surface area (Å²) in [6, 6.07) is 10.5. The molecule has 8 heteroatoms. The number of carboxylic acid groups (broad SMARTS) is 1. The van der Waals surface area contributed by atoms with Crippen molar-refractivity contribution in [2.75, 3.05) is 0 Å². The summed E-state index contributed by atoms with van der Waals surface area (Å²) in [5, 5.41) is 31.6. The number of hydrogen-bond acceptors (Lipinski definition) is 5. The summed E-state index contributed by atoms with van der Waals surface area (Å²) >= 11 is 0. The predicted octanol–water partition coefficient (Wildman–Crippen LogP) is 3.48. The minimum absolute atomic E-state index is 0.0669. The fraction of sp³-hybridized carbons (Fsp3) is 0.400. The van der Waals surface area contributed by atoms with E-state index in [0.29, 0.717) is 17.9 Å². The average molecular weight is 467 g/mol. The van der Waals surface area contributed by atoms with Gasteiger partial charge < -0.3 is 19.9 Å². The molecule has 33 heavy (non-hydrogen) atoms. The molecule has 4 rings (SSSR count). The number of aromatic nitrogens is 2. The molecule has 2 aromatic heterocycles. The van der Waals surface area contributed by atoms with E-state index < -0.39 is 31.8 Å². The van der Waals surface area contributed by atoms with E-state index in [2.05, 4.69) is 25.7 Å². The number of carbonyl (C=O) groups is 1. The highest BCUT2D eigenvalue weighted by molar-refractivity contribution is 6.76. The Labute approximate surface area is 193 Å². The summed E-state index contributed by atoms with van der Waals surface area (Å²) in [4.78, 5) is 30.2. The van der Waals surface area contributed by atoms with Crippen molar-refractivity contribution in [3.8, 4) is 11.4 Å². The normalized spacial score (nSPS) is 14.7. The van der Waals surface area contributed by atoms with Crippen LogP contribution in [-0.4, -0.2) is 38.9 Å². The number of aryl methyl sites for hydroxylation is 1. The van der Waals surface area contributed by atoms with E-state index in [0.717, 1.165) is 34.5 Å². The summed E-state index contributed by atoms with van der Waals surface area (Å²) < 4.78 is 1.54. The Bertz CT molecular complexity index is 1330. The molecule has 7 nitrogen and oxygen atoms in total. The average Bonchev–Trinajstić information content (AvgIpc) is 3.13. The van der Waals surface area contributed by atoms with E-state index in [4.69, 9.17) is 4.98 Å². The quantitative estimate of drug-likeness (QED) is 0.360. The number of aliphatic hydroxyl groups excluding tert-OH is 1. The molecular formula is C25H30N2O5Si. The van der Waals surface area contributed by atoms with Crippen LogP contribution in [0.4, 0.5) is 0 Å². The van der Waals surface area contributed by atoms with Gasteiger partial charge in [0.05, 0.1) is 30.1 Å². The van der Waals surface area contributed by atoms with Crippen LogP contribution in [0.1, 0.15) is 35.6 Å². The second kappa shape index (κ2) is 8.20. The molecule has 0 saturated carbocycles. The molecule has 0 fully saturated rings. The molecule has 0 aliphatic carbocycles. The SMILES string of the molecule is CC[C@@](O)(C(=O)O)c1cc2n(c(=O)c1CO)Cc1c-2nc2ccccc2c1CC[Si](C)(C)C. The fourth-order valence-electron chi connectivity index (χ4n) is 4.67. The number of fused-ring (bicyclic) bond motifs is 4. The molecule has 0 bridgehead atoms. The number of benzene rings is 1. The predicted molar refractivity (Wildman–Crippen MR) is 130 cm³/mol. The standard InChI is InChI=1S/C25H30N2O5Si/c1-5-25(32,24(30)31)19-12-21-22-17(13-27(21)23(29)18(19)14-28)15(10-11-33(2,3)4)16-8-6-7-9-20(16)26-22/h6-9,12,28,32H,5,10-11,13-14H2,1-4H3,(H,30,31)/t25-/m0/s1.